The van der Waals surface area contributed by atoms with E-state index in [-0.39, 0.29) is 44.3 Å². The number of likely N-dealkylation sites (tertiary alicyclic amines) is 2. The van der Waals surface area contributed by atoms with E-state index in [0.29, 0.717) is 49.8 Å². The topological polar surface area (TPSA) is 270 Å². The molecule has 416 valence electrons. The minimum atomic E-state index is -1.29. The van der Waals surface area contributed by atoms with Gasteiger partial charge in [-0.15, -0.1) is 47.0 Å². The van der Waals surface area contributed by atoms with Crippen LogP contribution in [-0.2, 0) is 47.9 Å². The molecule has 4 aliphatic heterocycles. The van der Waals surface area contributed by atoms with Gasteiger partial charge < -0.3 is 37.0 Å². The first-order chi connectivity index (χ1) is 36.4. The summed E-state index contributed by atoms with van der Waals surface area (Å²) in [6, 6.07) is 12.1. The molecule has 4 saturated heterocycles. The van der Waals surface area contributed by atoms with E-state index in [9.17, 15) is 53.1 Å². The first kappa shape index (κ1) is 61.9. The van der Waals surface area contributed by atoms with Gasteiger partial charge in [-0.3, -0.25) is 53.0 Å². The molecular formula is C53H74N8O11S4. The Morgan fingerprint density at radius 1 is 0.566 bits per heavy atom. The highest BCUT2D eigenvalue weighted by molar-refractivity contribution is 8.19. The van der Waals surface area contributed by atoms with Crippen molar-refractivity contribution >= 4 is 106 Å². The molecule has 2 spiro atoms. The molecule has 0 saturated carbocycles. The van der Waals surface area contributed by atoms with Crippen molar-refractivity contribution < 1.29 is 53.1 Å². The number of hydrogen-bond donors (Lipinski definition) is 7. The average Bonchev–Trinajstić information content (AvgIpc) is 3.97. The van der Waals surface area contributed by atoms with Crippen molar-refractivity contribution in [3.05, 3.63) is 71.8 Å². The van der Waals surface area contributed by atoms with Crippen LogP contribution in [0.4, 0.5) is 0 Å². The van der Waals surface area contributed by atoms with Crippen LogP contribution >= 0.6 is 47.0 Å². The first-order valence-corrected chi connectivity index (χ1v) is 30.0. The summed E-state index contributed by atoms with van der Waals surface area (Å²) in [5.74, 6) is -2.59. The summed E-state index contributed by atoms with van der Waals surface area (Å²) >= 11 is 7.64. The van der Waals surface area contributed by atoms with Crippen molar-refractivity contribution in [3.63, 3.8) is 0 Å². The number of aliphatic carboxylic acids is 1. The smallest absolute Gasteiger partial charge is 0.330 e. The van der Waals surface area contributed by atoms with E-state index in [1.54, 1.807) is 60.7 Å². The van der Waals surface area contributed by atoms with Crippen molar-refractivity contribution in [1.29, 1.82) is 0 Å². The normalized spacial score (nSPS) is 20.3. The molecule has 6 amide bonds. The Morgan fingerprint density at radius 3 is 1.28 bits per heavy atom. The summed E-state index contributed by atoms with van der Waals surface area (Å²) < 4.78 is -0.0123. The number of thioether (sulfide) groups is 4. The molecule has 0 aliphatic carbocycles. The highest BCUT2D eigenvalue weighted by Crippen LogP contribution is 2.51. The van der Waals surface area contributed by atoms with E-state index in [0.717, 1.165) is 49.1 Å². The number of carbonyl (C=O) groups excluding carboxylic acids is 9. The molecule has 6 atom stereocenters. The van der Waals surface area contributed by atoms with Crippen molar-refractivity contribution in [2.24, 2.45) is 0 Å². The number of benzene rings is 2. The lowest BCUT2D eigenvalue weighted by molar-refractivity contribution is -0.142. The SMILES string of the molecule is CCCC(NC(=O)[C@@H]1CC2(CN1CC)SCCCS2)C(=O)C(=O)NCC(=O)N[C@H](C(=O)O)c1ccccc1.CCCC(NC(=O)[C@@H]1CC2(CN1CC)SCCCS2)C(=O)C(=O)NCC(=O)N[C@H](C(C)=O)c1ccccc1. The molecule has 76 heavy (non-hydrogen) atoms. The lowest BCUT2D eigenvalue weighted by Gasteiger charge is -2.31. The third-order valence-electron chi connectivity index (χ3n) is 13.5. The van der Waals surface area contributed by atoms with Crippen LogP contribution in [0.15, 0.2) is 60.7 Å². The number of carboxylic acid groups (broad SMARTS) is 1. The van der Waals surface area contributed by atoms with Crippen molar-refractivity contribution in [3.8, 4) is 0 Å². The fourth-order valence-corrected chi connectivity index (χ4v) is 16.3. The van der Waals surface area contributed by atoms with Gasteiger partial charge in [-0.25, -0.2) is 4.79 Å². The van der Waals surface area contributed by atoms with Crippen LogP contribution in [-0.4, -0.2) is 168 Å². The largest absolute Gasteiger partial charge is 0.479 e. The Labute approximate surface area is 462 Å². The van der Waals surface area contributed by atoms with Crippen molar-refractivity contribution in [2.75, 3.05) is 62.3 Å². The second-order valence-electron chi connectivity index (χ2n) is 19.1. The number of rotatable bonds is 24. The third-order valence-corrected chi connectivity index (χ3v) is 20.1. The number of Topliss-reactive ketones (excluding diaryl/α,β-unsaturated/α-hetero) is 3. The average molecular weight is 1130 g/mol. The second-order valence-corrected chi connectivity index (χ2v) is 25.5. The highest BCUT2D eigenvalue weighted by Gasteiger charge is 2.50. The maximum absolute atomic E-state index is 13.3. The van der Waals surface area contributed by atoms with Crippen LogP contribution in [0.2, 0.25) is 0 Å². The molecule has 0 aromatic heterocycles. The Balaban J connectivity index is 0.000000281. The number of nitrogens with zero attached hydrogens (tertiary/aromatic N) is 2. The van der Waals surface area contributed by atoms with E-state index in [4.69, 9.17) is 0 Å². The highest BCUT2D eigenvalue weighted by atomic mass is 32.2. The molecule has 6 rings (SSSR count). The Bertz CT molecular complexity index is 2200. The summed E-state index contributed by atoms with van der Waals surface area (Å²) in [5.41, 5.74) is 1.00. The molecule has 2 aromatic carbocycles. The lowest BCUT2D eigenvalue weighted by Crippen LogP contribution is -2.53. The van der Waals surface area contributed by atoms with Gasteiger partial charge in [-0.1, -0.05) is 101 Å². The quantitative estimate of drug-likeness (QED) is 0.0740. The second kappa shape index (κ2) is 30.3. The maximum atomic E-state index is 13.3. The molecule has 7 N–H and O–H groups in total. The number of ketones is 3. The predicted molar refractivity (Wildman–Crippen MR) is 299 cm³/mol. The van der Waals surface area contributed by atoms with E-state index < -0.39 is 78.4 Å². The molecule has 4 heterocycles. The van der Waals surface area contributed by atoms with Gasteiger partial charge in [0.2, 0.25) is 35.2 Å². The van der Waals surface area contributed by atoms with E-state index in [1.807, 2.05) is 74.7 Å². The standard InChI is InChI=1S/C27H38N4O5S2.C26H36N4O6S2/c1-4-10-20(29-25(35)21-15-27(17-31(21)5-2)37-13-9-14-38-27)24(34)26(36)28-16-22(33)30-23(18(3)32)19-11-7-6-8-12-19;1-3-9-18(28-23(33)19-14-26(16-30(19)4-2)37-12-8-13-38-26)22(32)24(34)27-15-20(31)29-21(25(35)36)17-10-6-5-7-11-17/h6-8,11-12,20-21,23H,4-5,9-10,13-17H2,1-3H3,(H,28,36)(H,29,35)(H,30,33);5-7,10-11,18-19,21H,3-4,8-9,12-16H2,1-2H3,(H,27,34)(H,28,33)(H,29,31)(H,35,36)/t20?,21-,23+;18?,19-,21-/m00/s1. The van der Waals surface area contributed by atoms with E-state index in [1.165, 1.54) is 13.3 Å². The van der Waals surface area contributed by atoms with Crippen LogP contribution in [0.25, 0.3) is 0 Å². The van der Waals surface area contributed by atoms with Crippen molar-refractivity contribution in [2.45, 2.75) is 130 Å². The molecule has 4 fully saturated rings. The van der Waals surface area contributed by atoms with Crippen LogP contribution in [0.5, 0.6) is 0 Å². The first-order valence-electron chi connectivity index (χ1n) is 26.1. The third kappa shape index (κ3) is 17.5. The van der Waals surface area contributed by atoms with Crippen LogP contribution in [0, 0.1) is 0 Å². The zero-order valence-electron chi connectivity index (χ0n) is 44.0. The monoisotopic (exact) mass is 1130 g/mol. The van der Waals surface area contributed by atoms with Gasteiger partial charge in [0.1, 0.15) is 6.04 Å². The number of nitrogens with one attached hydrogen (secondary N) is 6. The Kier molecular flexibility index (Phi) is 24.7. The summed E-state index contributed by atoms with van der Waals surface area (Å²) in [6.07, 6.45) is 5.49. The molecule has 23 heteroatoms. The van der Waals surface area contributed by atoms with Crippen LogP contribution < -0.4 is 31.9 Å². The van der Waals surface area contributed by atoms with Gasteiger partial charge in [-0.2, -0.15) is 0 Å². The van der Waals surface area contributed by atoms with Gasteiger partial charge in [0.25, 0.3) is 11.8 Å². The van der Waals surface area contributed by atoms with Gasteiger partial charge in [0, 0.05) is 13.1 Å². The van der Waals surface area contributed by atoms with Gasteiger partial charge in [0.15, 0.2) is 11.8 Å². The minimum absolute atomic E-state index is 0.00272. The Hall–Kier alpha value is -4.94. The number of carboxylic acids is 1. The summed E-state index contributed by atoms with van der Waals surface area (Å²) in [4.78, 5) is 130. The number of likely N-dealkylation sites (N-methyl/N-ethyl adjacent to an activating group) is 2. The Morgan fingerprint density at radius 2 is 0.934 bits per heavy atom. The zero-order valence-corrected chi connectivity index (χ0v) is 47.3. The summed E-state index contributed by atoms with van der Waals surface area (Å²) in [7, 11) is 0. The molecule has 0 radical (unpaired) electrons. The molecule has 2 aromatic rings. The lowest BCUT2D eigenvalue weighted by atomic mass is 10.0. The summed E-state index contributed by atoms with van der Waals surface area (Å²) in [5, 5.41) is 24.6. The van der Waals surface area contributed by atoms with Crippen LogP contribution in [0.1, 0.15) is 109 Å². The zero-order chi connectivity index (χ0) is 55.4. The molecular weight excluding hydrogens is 1050 g/mol. The number of hydrogen-bond acceptors (Lipinski definition) is 16. The molecule has 2 unspecified atom stereocenters. The van der Waals surface area contributed by atoms with Gasteiger partial charge in [0.05, 0.1) is 45.4 Å². The molecule has 19 nitrogen and oxygen atoms in total. The summed E-state index contributed by atoms with van der Waals surface area (Å²) in [6.45, 7) is 11.2. The molecule has 0 bridgehead atoms. The van der Waals surface area contributed by atoms with Gasteiger partial charge >= 0.3 is 5.97 Å². The van der Waals surface area contributed by atoms with Crippen LogP contribution in [0.3, 0.4) is 0 Å². The number of carbonyl (C=O) groups is 10. The van der Waals surface area contributed by atoms with Gasteiger partial charge in [-0.05, 0) is 92.7 Å². The number of amides is 6. The fraction of sp³-hybridized carbons (Fsp3) is 0.585. The maximum Gasteiger partial charge on any atom is 0.330 e. The van der Waals surface area contributed by atoms with E-state index >= 15 is 0 Å². The fourth-order valence-electron chi connectivity index (χ4n) is 9.53. The van der Waals surface area contributed by atoms with E-state index in [2.05, 4.69) is 41.7 Å². The predicted octanol–water partition coefficient (Wildman–Crippen LogP) is 3.62. The molecule has 4 aliphatic rings. The van der Waals surface area contributed by atoms with Crippen molar-refractivity contribution in [1.82, 2.24) is 41.7 Å². The minimum Gasteiger partial charge on any atom is -0.479 e.